The van der Waals surface area contributed by atoms with Crippen LogP contribution in [0.4, 0.5) is 0 Å². The van der Waals surface area contributed by atoms with E-state index in [2.05, 4.69) is 15.6 Å². The van der Waals surface area contributed by atoms with Crippen molar-refractivity contribution in [1.29, 1.82) is 0 Å². The van der Waals surface area contributed by atoms with Crippen LogP contribution in [0.2, 0.25) is 0 Å². The summed E-state index contributed by atoms with van der Waals surface area (Å²) < 4.78 is 14.0. The van der Waals surface area contributed by atoms with Gasteiger partial charge in [-0.2, -0.15) is 0 Å². The van der Waals surface area contributed by atoms with Crippen LogP contribution in [0, 0.1) is 13.8 Å². The van der Waals surface area contributed by atoms with E-state index in [1.165, 1.54) is 0 Å². The molecule has 0 radical (unpaired) electrons. The number of nitrogens with zero attached hydrogens (tertiary/aromatic N) is 3. The van der Waals surface area contributed by atoms with Crippen molar-refractivity contribution in [2.45, 2.75) is 39.0 Å². The molecule has 4 aromatic rings. The van der Waals surface area contributed by atoms with Crippen molar-refractivity contribution in [3.8, 4) is 11.5 Å². The second-order valence-electron chi connectivity index (χ2n) is 10.5. The van der Waals surface area contributed by atoms with Gasteiger partial charge in [0.2, 0.25) is 0 Å². The van der Waals surface area contributed by atoms with E-state index in [0.29, 0.717) is 42.3 Å². The van der Waals surface area contributed by atoms with Crippen molar-refractivity contribution >= 4 is 23.4 Å². The van der Waals surface area contributed by atoms with E-state index in [1.54, 1.807) is 29.3 Å². The van der Waals surface area contributed by atoms with Gasteiger partial charge in [-0.3, -0.25) is 14.4 Å². The van der Waals surface area contributed by atoms with Crippen LogP contribution >= 0.6 is 0 Å². The van der Waals surface area contributed by atoms with E-state index in [1.807, 2.05) is 60.8 Å². The quantitative estimate of drug-likeness (QED) is 0.375. The number of hydrogen-bond donors (Lipinski definition) is 2. The minimum Gasteiger partial charge on any atom is -0.488 e. The van der Waals surface area contributed by atoms with Gasteiger partial charge in [-0.1, -0.05) is 24.3 Å². The molecule has 3 amide bonds. The van der Waals surface area contributed by atoms with Crippen LogP contribution < -0.4 is 20.1 Å². The first-order valence-electron chi connectivity index (χ1n) is 13.6. The van der Waals surface area contributed by atoms with Crippen molar-refractivity contribution in [1.82, 2.24) is 24.9 Å². The van der Waals surface area contributed by atoms with E-state index in [9.17, 15) is 14.4 Å². The molecule has 1 fully saturated rings. The molecule has 5 heterocycles. The fraction of sp³-hybridized carbons (Fsp3) is 0.290. The molecule has 0 saturated carbocycles. The molecule has 3 aliphatic heterocycles. The van der Waals surface area contributed by atoms with Gasteiger partial charge in [-0.05, 0) is 60.9 Å². The van der Waals surface area contributed by atoms with Gasteiger partial charge in [0.25, 0.3) is 17.7 Å². The molecule has 210 valence electrons. The third kappa shape index (κ3) is 5.58. The topological polar surface area (TPSA) is 114 Å². The number of hydrogen-bond acceptors (Lipinski definition) is 6. The Morgan fingerprint density at radius 3 is 2.68 bits per heavy atom. The summed E-state index contributed by atoms with van der Waals surface area (Å²) in [5.74, 6) is 0.314. The second kappa shape index (κ2) is 11.0. The van der Waals surface area contributed by atoms with Crippen LogP contribution in [-0.2, 0) is 11.3 Å². The van der Waals surface area contributed by atoms with Gasteiger partial charge in [0.15, 0.2) is 6.61 Å². The van der Waals surface area contributed by atoms with Crippen LogP contribution in [0.25, 0.3) is 5.65 Å². The molecule has 0 unspecified atom stereocenters. The molecule has 0 aliphatic carbocycles. The highest BCUT2D eigenvalue weighted by molar-refractivity contribution is 5.95. The van der Waals surface area contributed by atoms with Gasteiger partial charge >= 0.3 is 0 Å². The number of nitrogens with one attached hydrogen (secondary N) is 2. The zero-order valence-electron chi connectivity index (χ0n) is 22.9. The molecule has 2 N–H and O–H groups in total. The number of aryl methyl sites for hydroxylation is 2. The predicted octanol–water partition coefficient (Wildman–Crippen LogP) is 3.05. The van der Waals surface area contributed by atoms with Gasteiger partial charge in [0, 0.05) is 44.0 Å². The average molecular weight is 554 g/mol. The molecule has 7 rings (SSSR count). The summed E-state index contributed by atoms with van der Waals surface area (Å²) in [6.45, 7) is 4.71. The van der Waals surface area contributed by atoms with Crippen LogP contribution in [0.15, 0.2) is 67.0 Å². The maximum Gasteiger partial charge on any atom is 0.274 e. The zero-order valence-corrected chi connectivity index (χ0v) is 22.9. The largest absolute Gasteiger partial charge is 0.488 e. The van der Waals surface area contributed by atoms with E-state index in [-0.39, 0.29) is 37.0 Å². The van der Waals surface area contributed by atoms with Gasteiger partial charge in [-0.25, -0.2) is 4.98 Å². The molecular weight excluding hydrogens is 522 g/mol. The number of piperidine rings is 1. The Morgan fingerprint density at radius 2 is 1.88 bits per heavy atom. The predicted molar refractivity (Wildman–Crippen MR) is 151 cm³/mol. The number of fused-ring (bicyclic) bond motifs is 8. The standard InChI is InChI=1S/C31H31N5O5/c1-19-5-8-22-14-27(19)40-18-28(37)32-15-21-6-9-23(10-7-21)41-26-11-13-36(16-24(26)34-30(22)38)31(39)25-17-35-12-3-4-20(2)29(35)33-25/h3-10,12,14,17,24,26H,11,13,15-16,18H2,1-2H3,(H,32,37)(H,34,38)/t24-,26-/m0/s1. The Morgan fingerprint density at radius 1 is 1.05 bits per heavy atom. The highest BCUT2D eigenvalue weighted by Crippen LogP contribution is 2.24. The van der Waals surface area contributed by atoms with Crippen molar-refractivity contribution in [3.05, 3.63) is 94.9 Å². The maximum absolute atomic E-state index is 13.6. The number of pyridine rings is 1. The Kier molecular flexibility index (Phi) is 7.05. The third-order valence-electron chi connectivity index (χ3n) is 7.56. The summed E-state index contributed by atoms with van der Waals surface area (Å²) in [5.41, 5.74) is 4.18. The first kappa shape index (κ1) is 26.4. The fourth-order valence-corrected chi connectivity index (χ4v) is 5.22. The molecule has 1 saturated heterocycles. The number of amides is 3. The minimum atomic E-state index is -0.483. The van der Waals surface area contributed by atoms with Crippen molar-refractivity contribution < 1.29 is 23.9 Å². The molecule has 4 bridgehead atoms. The van der Waals surface area contributed by atoms with Crippen LogP contribution in [0.1, 0.15) is 44.0 Å². The summed E-state index contributed by atoms with van der Waals surface area (Å²) in [6, 6.07) is 16.0. The van der Waals surface area contributed by atoms with Crippen molar-refractivity contribution in [2.24, 2.45) is 0 Å². The second-order valence-corrected chi connectivity index (χ2v) is 10.5. The normalized spacial score (nSPS) is 19.4. The third-order valence-corrected chi connectivity index (χ3v) is 7.56. The van der Waals surface area contributed by atoms with Crippen molar-refractivity contribution in [2.75, 3.05) is 19.7 Å². The lowest BCUT2D eigenvalue weighted by Gasteiger charge is -2.38. The van der Waals surface area contributed by atoms with Crippen LogP contribution in [-0.4, -0.2) is 63.8 Å². The SMILES string of the molecule is Cc1ccc2cc1OCC(=O)NCc1ccc(cc1)O[C@H]1CCN(C(=O)c3cn4cccc(C)c4n3)C[C@@H]1NC2=O. The van der Waals surface area contributed by atoms with Crippen LogP contribution in [0.5, 0.6) is 11.5 Å². The lowest BCUT2D eigenvalue weighted by atomic mass is 10.0. The van der Waals surface area contributed by atoms with Gasteiger partial charge in [0.05, 0.1) is 6.04 Å². The molecule has 0 spiro atoms. The molecule has 10 nitrogen and oxygen atoms in total. The van der Waals surface area contributed by atoms with Gasteiger partial charge < -0.3 is 29.4 Å². The number of imidazole rings is 1. The summed E-state index contributed by atoms with van der Waals surface area (Å²) >= 11 is 0. The highest BCUT2D eigenvalue weighted by atomic mass is 16.5. The monoisotopic (exact) mass is 553 g/mol. The minimum absolute atomic E-state index is 0.169. The number of ether oxygens (including phenoxy) is 2. The van der Waals surface area contributed by atoms with Gasteiger partial charge in [0.1, 0.15) is 28.9 Å². The lowest BCUT2D eigenvalue weighted by molar-refractivity contribution is -0.123. The number of aromatic nitrogens is 2. The average Bonchev–Trinajstić information content (AvgIpc) is 3.42. The number of rotatable bonds is 1. The molecule has 2 atom stereocenters. The van der Waals surface area contributed by atoms with Crippen LogP contribution in [0.3, 0.4) is 0 Å². The molecule has 41 heavy (non-hydrogen) atoms. The van der Waals surface area contributed by atoms with Crippen molar-refractivity contribution in [3.63, 3.8) is 0 Å². The zero-order chi connectivity index (χ0) is 28.5. The van der Waals surface area contributed by atoms with Gasteiger partial charge in [-0.15, -0.1) is 0 Å². The number of benzene rings is 2. The summed E-state index contributed by atoms with van der Waals surface area (Å²) in [6.07, 6.45) is 3.76. The first-order valence-corrected chi connectivity index (χ1v) is 13.6. The van der Waals surface area contributed by atoms with E-state index < -0.39 is 6.04 Å². The Bertz CT molecular complexity index is 1630. The smallest absolute Gasteiger partial charge is 0.274 e. The first-order chi connectivity index (χ1) is 19.8. The molecule has 2 aromatic heterocycles. The molecule has 3 aliphatic rings. The Labute approximate surface area is 237 Å². The fourth-order valence-electron chi connectivity index (χ4n) is 5.22. The summed E-state index contributed by atoms with van der Waals surface area (Å²) in [7, 11) is 0. The van der Waals surface area contributed by atoms with E-state index in [4.69, 9.17) is 9.47 Å². The summed E-state index contributed by atoms with van der Waals surface area (Å²) in [5, 5.41) is 5.94. The Hall–Kier alpha value is -4.86. The number of likely N-dealkylation sites (tertiary alicyclic amines) is 1. The molecule has 10 heteroatoms. The molecular formula is C31H31N5O5. The maximum atomic E-state index is 13.6. The molecule has 2 aromatic carbocycles. The van der Waals surface area contributed by atoms with E-state index >= 15 is 0 Å². The highest BCUT2D eigenvalue weighted by Gasteiger charge is 2.35. The number of carbonyl (C=O) groups excluding carboxylic acids is 3. The van der Waals surface area contributed by atoms with E-state index in [0.717, 1.165) is 22.3 Å². The summed E-state index contributed by atoms with van der Waals surface area (Å²) in [4.78, 5) is 45.7. The number of carbonyl (C=O) groups is 3. The lowest BCUT2D eigenvalue weighted by Crippen LogP contribution is -2.58. The Balaban J connectivity index is 1.29.